The summed E-state index contributed by atoms with van der Waals surface area (Å²) >= 11 is 0. The van der Waals surface area contributed by atoms with Gasteiger partial charge in [0.25, 0.3) is 0 Å². The van der Waals surface area contributed by atoms with Crippen molar-refractivity contribution >= 4 is 5.78 Å². The molecule has 1 heterocycles. The van der Waals surface area contributed by atoms with Gasteiger partial charge in [-0.25, -0.2) is 9.89 Å². The molecule has 6 heteroatoms. The van der Waals surface area contributed by atoms with E-state index in [2.05, 4.69) is 15.5 Å². The molecule has 1 unspecified atom stereocenters. The Balaban J connectivity index is 2.29. The lowest BCUT2D eigenvalue weighted by atomic mass is 9.94. The summed E-state index contributed by atoms with van der Waals surface area (Å²) in [5.41, 5.74) is -0.403. The van der Waals surface area contributed by atoms with Crippen LogP contribution in [0.2, 0.25) is 0 Å². The minimum Gasteiger partial charge on any atom is -0.297 e. The van der Waals surface area contributed by atoms with E-state index in [1.807, 2.05) is 0 Å². The highest BCUT2D eigenvalue weighted by Gasteiger charge is 2.26. The van der Waals surface area contributed by atoms with Gasteiger partial charge >= 0.3 is 5.69 Å². The maximum absolute atomic E-state index is 11.4. The molecule has 1 fully saturated rings. The van der Waals surface area contributed by atoms with E-state index in [1.165, 1.54) is 0 Å². The molecule has 0 saturated heterocycles. The van der Waals surface area contributed by atoms with Crippen molar-refractivity contribution < 1.29 is 4.79 Å². The maximum Gasteiger partial charge on any atom is 0.361 e. The van der Waals surface area contributed by atoms with Gasteiger partial charge in [-0.15, -0.1) is 0 Å². The third-order valence-corrected chi connectivity index (χ3v) is 2.31. The summed E-state index contributed by atoms with van der Waals surface area (Å²) < 4.78 is 1.14. The van der Waals surface area contributed by atoms with Gasteiger partial charge in [-0.05, 0) is 23.3 Å². The van der Waals surface area contributed by atoms with Crippen LogP contribution in [0.3, 0.4) is 0 Å². The largest absolute Gasteiger partial charge is 0.361 e. The summed E-state index contributed by atoms with van der Waals surface area (Å²) in [6.07, 6.45) is 3.13. The first-order valence-corrected chi connectivity index (χ1v) is 4.31. The number of ketones is 1. The van der Waals surface area contributed by atoms with Gasteiger partial charge in [0.15, 0.2) is 5.78 Å². The summed E-state index contributed by atoms with van der Waals surface area (Å²) in [6, 6.07) is -0.389. The topological polar surface area (TPSA) is 80.6 Å². The first-order valence-electron chi connectivity index (χ1n) is 4.31. The zero-order valence-electron chi connectivity index (χ0n) is 7.06. The van der Waals surface area contributed by atoms with Crippen molar-refractivity contribution in [2.75, 3.05) is 0 Å². The summed E-state index contributed by atoms with van der Waals surface area (Å²) in [6.45, 7) is 0. The monoisotopic (exact) mass is 182 g/mol. The Morgan fingerprint density at radius 2 is 2.23 bits per heavy atom. The first-order chi connectivity index (χ1) is 6.29. The van der Waals surface area contributed by atoms with E-state index < -0.39 is 5.69 Å². The minimum absolute atomic E-state index is 0.0854. The fourth-order valence-electron chi connectivity index (χ4n) is 1.63. The van der Waals surface area contributed by atoms with Gasteiger partial charge in [0.1, 0.15) is 6.04 Å². The van der Waals surface area contributed by atoms with Crippen molar-refractivity contribution in [1.82, 2.24) is 20.2 Å². The Kier molecular flexibility index (Phi) is 1.96. The molecule has 1 saturated carbocycles. The number of nitrogens with one attached hydrogen (secondary N) is 1. The average molecular weight is 182 g/mol. The van der Waals surface area contributed by atoms with Crippen molar-refractivity contribution in [1.29, 1.82) is 0 Å². The second-order valence-corrected chi connectivity index (χ2v) is 3.18. The molecular weight excluding hydrogens is 172 g/mol. The highest BCUT2D eigenvalue weighted by atomic mass is 16.2. The molecule has 13 heavy (non-hydrogen) atoms. The molecule has 0 spiro atoms. The predicted molar refractivity (Wildman–Crippen MR) is 43.2 cm³/mol. The number of nitrogens with zero attached hydrogens (tertiary/aromatic N) is 3. The second-order valence-electron chi connectivity index (χ2n) is 3.18. The van der Waals surface area contributed by atoms with E-state index in [-0.39, 0.29) is 11.8 Å². The molecule has 0 aromatic carbocycles. The third-order valence-electron chi connectivity index (χ3n) is 2.31. The number of aromatic amines is 1. The minimum atomic E-state index is -0.403. The van der Waals surface area contributed by atoms with Crippen LogP contribution >= 0.6 is 0 Å². The predicted octanol–water partition coefficient (Wildman–Crippen LogP) is -0.349. The maximum atomic E-state index is 11.4. The Bertz CT molecular complexity index is 367. The third kappa shape index (κ3) is 1.39. The van der Waals surface area contributed by atoms with Crippen LogP contribution in [-0.4, -0.2) is 26.0 Å². The molecule has 1 aliphatic carbocycles. The number of H-pyrrole nitrogens is 1. The standard InChI is InChI=1S/C7H10N4O2/c12-6-4-2-1-3-5(6)11-7(13)8-9-10-11/h5H,1-4H2,(H,8,10,13). The first kappa shape index (κ1) is 8.15. The van der Waals surface area contributed by atoms with Crippen molar-refractivity contribution in [3.63, 3.8) is 0 Å². The van der Waals surface area contributed by atoms with Crippen LogP contribution in [0.5, 0.6) is 0 Å². The zero-order valence-corrected chi connectivity index (χ0v) is 7.06. The summed E-state index contributed by atoms with van der Waals surface area (Å²) in [7, 11) is 0. The van der Waals surface area contributed by atoms with Crippen molar-refractivity contribution in [2.45, 2.75) is 31.7 Å². The van der Waals surface area contributed by atoms with Crippen LogP contribution in [0.4, 0.5) is 0 Å². The number of hydrogen-bond donors (Lipinski definition) is 1. The van der Waals surface area contributed by atoms with Crippen LogP contribution in [0, 0.1) is 0 Å². The van der Waals surface area contributed by atoms with Gasteiger partial charge in [-0.2, -0.15) is 4.68 Å². The van der Waals surface area contributed by atoms with Crippen LogP contribution in [0.15, 0.2) is 4.79 Å². The molecule has 0 amide bonds. The number of aromatic nitrogens is 4. The smallest absolute Gasteiger partial charge is 0.297 e. The molecule has 0 bridgehead atoms. The van der Waals surface area contributed by atoms with Crippen LogP contribution in [0.25, 0.3) is 0 Å². The van der Waals surface area contributed by atoms with Gasteiger partial charge in [-0.1, -0.05) is 6.42 Å². The van der Waals surface area contributed by atoms with Gasteiger partial charge < -0.3 is 0 Å². The molecule has 1 aromatic rings. The lowest BCUT2D eigenvalue weighted by Gasteiger charge is -2.18. The molecule has 1 aromatic heterocycles. The molecule has 1 atom stereocenters. The Hall–Kier alpha value is -1.46. The van der Waals surface area contributed by atoms with Gasteiger partial charge in [0.2, 0.25) is 0 Å². The molecule has 1 N–H and O–H groups in total. The summed E-state index contributed by atoms with van der Waals surface area (Å²) in [4.78, 5) is 22.5. The van der Waals surface area contributed by atoms with E-state index in [0.717, 1.165) is 17.5 Å². The Morgan fingerprint density at radius 1 is 1.38 bits per heavy atom. The van der Waals surface area contributed by atoms with Gasteiger partial charge in [-0.3, -0.25) is 4.79 Å². The zero-order chi connectivity index (χ0) is 9.26. The normalized spacial score (nSPS) is 23.4. The lowest BCUT2D eigenvalue weighted by molar-refractivity contribution is -0.124. The number of carbonyl (C=O) groups is 1. The van der Waals surface area contributed by atoms with Crippen molar-refractivity contribution in [2.24, 2.45) is 0 Å². The Labute approximate surface area is 73.9 Å². The van der Waals surface area contributed by atoms with E-state index in [0.29, 0.717) is 12.8 Å². The van der Waals surface area contributed by atoms with E-state index >= 15 is 0 Å². The highest BCUT2D eigenvalue weighted by molar-refractivity contribution is 5.82. The van der Waals surface area contributed by atoms with Crippen molar-refractivity contribution in [3.8, 4) is 0 Å². The number of carbonyl (C=O) groups excluding carboxylic acids is 1. The van der Waals surface area contributed by atoms with Crippen LogP contribution in [-0.2, 0) is 4.79 Å². The van der Waals surface area contributed by atoms with Gasteiger partial charge in [0.05, 0.1) is 0 Å². The molecule has 0 aliphatic heterocycles. The summed E-state index contributed by atoms with van der Waals surface area (Å²) in [5, 5.41) is 9.10. The highest BCUT2D eigenvalue weighted by Crippen LogP contribution is 2.22. The van der Waals surface area contributed by atoms with Crippen LogP contribution in [0.1, 0.15) is 31.7 Å². The SMILES string of the molecule is O=C1CCCCC1n1nn[nH]c1=O. The van der Waals surface area contributed by atoms with Crippen LogP contribution < -0.4 is 5.69 Å². The van der Waals surface area contributed by atoms with Crippen molar-refractivity contribution in [3.05, 3.63) is 10.5 Å². The number of Topliss-reactive ketones (excluding diaryl/α,β-unsaturated/α-hetero) is 1. The lowest BCUT2D eigenvalue weighted by Crippen LogP contribution is -2.31. The molecule has 70 valence electrons. The molecule has 1 aliphatic rings. The quantitative estimate of drug-likeness (QED) is 0.643. The molecule has 2 rings (SSSR count). The molecular formula is C7H10N4O2. The molecule has 0 radical (unpaired) electrons. The number of hydrogen-bond acceptors (Lipinski definition) is 4. The fourth-order valence-corrected chi connectivity index (χ4v) is 1.63. The fraction of sp³-hybridized carbons (Fsp3) is 0.714. The Morgan fingerprint density at radius 3 is 2.85 bits per heavy atom. The van der Waals surface area contributed by atoms with E-state index in [4.69, 9.17) is 0 Å². The molecule has 6 nitrogen and oxygen atoms in total. The van der Waals surface area contributed by atoms with E-state index in [9.17, 15) is 9.59 Å². The second kappa shape index (κ2) is 3.12. The number of rotatable bonds is 1. The van der Waals surface area contributed by atoms with E-state index in [1.54, 1.807) is 0 Å². The average Bonchev–Trinajstić information content (AvgIpc) is 2.52. The van der Waals surface area contributed by atoms with Gasteiger partial charge in [0, 0.05) is 6.42 Å². The number of tetrazole rings is 1. The summed E-state index contributed by atoms with van der Waals surface area (Å²) in [5.74, 6) is 0.0854.